The van der Waals surface area contributed by atoms with Crippen molar-refractivity contribution < 1.29 is 26.8 Å². The number of benzene rings is 3. The molecule has 0 aliphatic carbocycles. The van der Waals surface area contributed by atoms with Gasteiger partial charge in [0.05, 0.1) is 10.5 Å². The molecule has 1 aliphatic heterocycles. The number of aromatic nitrogens is 1. The molecule has 4 aromatic rings. The first-order valence-electron chi connectivity index (χ1n) is 10.6. The second-order valence-electron chi connectivity index (χ2n) is 7.92. The van der Waals surface area contributed by atoms with Gasteiger partial charge in [-0.05, 0) is 60.2 Å². The highest BCUT2D eigenvalue weighted by molar-refractivity contribution is 7.94. The number of ketones is 1. The molecule has 186 valence electrons. The number of halogens is 2. The van der Waals surface area contributed by atoms with Crippen LogP contribution in [0.25, 0.3) is 6.08 Å². The minimum absolute atomic E-state index is 0.117. The number of amides is 1. The molecule has 5 rings (SSSR count). The van der Waals surface area contributed by atoms with Crippen molar-refractivity contribution in [3.63, 3.8) is 0 Å². The summed E-state index contributed by atoms with van der Waals surface area (Å²) < 4.78 is 52.1. The summed E-state index contributed by atoms with van der Waals surface area (Å²) in [6.45, 7) is 0. The number of carbonyl (C=O) groups is 2. The summed E-state index contributed by atoms with van der Waals surface area (Å²) in [5, 5.41) is 6.93. The Bertz CT molecular complexity index is 1690. The van der Waals surface area contributed by atoms with Gasteiger partial charge in [-0.25, -0.2) is 22.2 Å². The van der Waals surface area contributed by atoms with Gasteiger partial charge >= 0.3 is 0 Å². The highest BCUT2D eigenvalue weighted by Crippen LogP contribution is 2.32. The van der Waals surface area contributed by atoms with E-state index in [4.69, 9.17) is 5.73 Å². The van der Waals surface area contributed by atoms with Gasteiger partial charge in [0.25, 0.3) is 5.91 Å². The molecule has 0 radical (unpaired) electrons. The molecule has 0 saturated carbocycles. The first-order valence-corrected chi connectivity index (χ1v) is 13.0. The maximum atomic E-state index is 14.0. The van der Waals surface area contributed by atoms with Crippen LogP contribution in [0.4, 0.5) is 31.1 Å². The minimum Gasteiger partial charge on any atom is -0.382 e. The molecule has 0 atom stereocenters. The maximum absolute atomic E-state index is 14.0. The average molecular weight is 539 g/mol. The van der Waals surface area contributed by atoms with Crippen LogP contribution in [-0.2, 0) is 9.84 Å². The fraction of sp³-hybridized carbons (Fsp3) is 0. The van der Waals surface area contributed by atoms with Crippen LogP contribution in [0.15, 0.2) is 71.0 Å². The van der Waals surface area contributed by atoms with Crippen molar-refractivity contribution in [3.05, 3.63) is 99.3 Å². The Morgan fingerprint density at radius 1 is 0.946 bits per heavy atom. The van der Waals surface area contributed by atoms with E-state index < -0.39 is 38.7 Å². The average Bonchev–Trinajstić information content (AvgIpc) is 3.37. The number of fused-ring (bicyclic) bond motifs is 1. The van der Waals surface area contributed by atoms with Crippen LogP contribution in [0.5, 0.6) is 0 Å². The van der Waals surface area contributed by atoms with Crippen molar-refractivity contribution in [1.82, 2.24) is 4.98 Å². The van der Waals surface area contributed by atoms with Gasteiger partial charge in [-0.1, -0.05) is 23.5 Å². The Morgan fingerprint density at radius 2 is 1.62 bits per heavy atom. The summed E-state index contributed by atoms with van der Waals surface area (Å²) in [5.41, 5.74) is 6.81. The predicted molar refractivity (Wildman–Crippen MR) is 137 cm³/mol. The molecule has 3 aromatic carbocycles. The van der Waals surface area contributed by atoms with Gasteiger partial charge in [-0.2, -0.15) is 0 Å². The molecule has 1 aliphatic rings. The summed E-state index contributed by atoms with van der Waals surface area (Å²) in [6, 6.07) is 14.0. The zero-order valence-electron chi connectivity index (χ0n) is 18.7. The van der Waals surface area contributed by atoms with Crippen LogP contribution >= 0.6 is 11.3 Å². The molecule has 0 spiro atoms. The number of carbonyl (C=O) groups excluding carboxylic acids is 2. The Morgan fingerprint density at radius 3 is 2.32 bits per heavy atom. The van der Waals surface area contributed by atoms with E-state index in [1.807, 2.05) is 0 Å². The number of nitrogens with zero attached hydrogens (tertiary/aromatic N) is 1. The Balaban J connectivity index is 1.29. The Labute approximate surface area is 213 Å². The highest BCUT2D eigenvalue weighted by atomic mass is 32.2. The summed E-state index contributed by atoms with van der Waals surface area (Å²) >= 11 is 0.833. The summed E-state index contributed by atoms with van der Waals surface area (Å²) in [7, 11) is -3.50. The number of hydrogen-bond donors (Lipinski definition) is 3. The molecule has 37 heavy (non-hydrogen) atoms. The van der Waals surface area contributed by atoms with Gasteiger partial charge in [0.2, 0.25) is 15.6 Å². The second kappa shape index (κ2) is 9.22. The molecule has 0 bridgehead atoms. The number of nitrogen functional groups attached to an aromatic ring is 1. The van der Waals surface area contributed by atoms with Crippen molar-refractivity contribution in [1.29, 1.82) is 0 Å². The topological polar surface area (TPSA) is 131 Å². The minimum atomic E-state index is -3.50. The van der Waals surface area contributed by atoms with E-state index in [2.05, 4.69) is 15.6 Å². The van der Waals surface area contributed by atoms with Crippen LogP contribution in [0.3, 0.4) is 0 Å². The third-order valence-corrected chi connectivity index (χ3v) is 7.90. The monoisotopic (exact) mass is 538 g/mol. The number of rotatable bonds is 6. The second-order valence-corrected chi connectivity index (χ2v) is 10.7. The first kappa shape index (κ1) is 24.3. The van der Waals surface area contributed by atoms with Crippen LogP contribution in [0, 0.1) is 11.6 Å². The van der Waals surface area contributed by atoms with Gasteiger partial charge in [0, 0.05) is 22.3 Å². The van der Waals surface area contributed by atoms with E-state index in [0.29, 0.717) is 22.5 Å². The van der Waals surface area contributed by atoms with Gasteiger partial charge in [-0.3, -0.25) is 9.59 Å². The maximum Gasteiger partial charge on any atom is 0.255 e. The lowest BCUT2D eigenvalue weighted by Gasteiger charge is -2.08. The van der Waals surface area contributed by atoms with E-state index in [1.165, 1.54) is 24.3 Å². The Hall–Kier alpha value is -4.42. The summed E-state index contributed by atoms with van der Waals surface area (Å²) in [5.74, 6) is -3.55. The molecule has 0 saturated heterocycles. The molecule has 2 heterocycles. The number of thiazole rings is 1. The largest absolute Gasteiger partial charge is 0.382 e. The van der Waals surface area contributed by atoms with E-state index >= 15 is 0 Å². The zero-order chi connectivity index (χ0) is 26.3. The van der Waals surface area contributed by atoms with Crippen LogP contribution in [0.2, 0.25) is 0 Å². The predicted octanol–water partition coefficient (Wildman–Crippen LogP) is 4.99. The van der Waals surface area contributed by atoms with E-state index in [9.17, 15) is 26.8 Å². The third-order valence-electron chi connectivity index (χ3n) is 5.45. The SMILES string of the molecule is Nc1nc(Nc2ccc(C(=O)Nc3ccc4c(c3)S(=O)(=O)C=C4)cc2)sc1C(=O)c1c(F)cccc1F. The molecule has 1 amide bonds. The number of hydrogen-bond acceptors (Lipinski definition) is 8. The van der Waals surface area contributed by atoms with E-state index in [-0.39, 0.29) is 20.7 Å². The molecule has 4 N–H and O–H groups in total. The molecule has 1 aromatic heterocycles. The van der Waals surface area contributed by atoms with Crippen molar-refractivity contribution in [2.75, 3.05) is 16.4 Å². The summed E-state index contributed by atoms with van der Waals surface area (Å²) in [6.07, 6.45) is 1.50. The fourth-order valence-corrected chi connectivity index (χ4v) is 5.72. The van der Waals surface area contributed by atoms with Gasteiger partial charge in [-0.15, -0.1) is 0 Å². The van der Waals surface area contributed by atoms with Gasteiger partial charge < -0.3 is 16.4 Å². The number of anilines is 4. The molecule has 12 heteroatoms. The van der Waals surface area contributed by atoms with Gasteiger partial charge in [0.15, 0.2) is 5.13 Å². The number of sulfone groups is 1. The van der Waals surface area contributed by atoms with Crippen molar-refractivity contribution in [2.45, 2.75) is 4.90 Å². The van der Waals surface area contributed by atoms with Crippen LogP contribution in [-0.4, -0.2) is 25.1 Å². The lowest BCUT2D eigenvalue weighted by molar-refractivity contribution is 0.102. The number of nitrogens with one attached hydrogen (secondary N) is 2. The quantitative estimate of drug-likeness (QED) is 0.295. The molecular formula is C25H16F2N4O4S2. The van der Waals surface area contributed by atoms with Crippen LogP contribution in [0.1, 0.15) is 31.2 Å². The molecule has 0 unspecified atom stereocenters. The normalized spacial score (nSPS) is 13.2. The third kappa shape index (κ3) is 4.71. The van der Waals surface area contributed by atoms with E-state index in [1.54, 1.807) is 24.3 Å². The lowest BCUT2D eigenvalue weighted by atomic mass is 10.1. The molecule has 0 fully saturated rings. The Kier molecular flexibility index (Phi) is 6.05. The zero-order valence-corrected chi connectivity index (χ0v) is 20.3. The molecular weight excluding hydrogens is 522 g/mol. The number of nitrogens with two attached hydrogens (primary N) is 1. The van der Waals surface area contributed by atoms with Crippen molar-refractivity contribution >= 4 is 61.3 Å². The summed E-state index contributed by atoms with van der Waals surface area (Å²) in [4.78, 5) is 29.3. The first-order chi connectivity index (χ1) is 17.6. The molecule has 8 nitrogen and oxygen atoms in total. The lowest BCUT2D eigenvalue weighted by Crippen LogP contribution is -2.12. The van der Waals surface area contributed by atoms with Gasteiger partial charge in [0.1, 0.15) is 22.3 Å². The van der Waals surface area contributed by atoms with Crippen molar-refractivity contribution in [2.24, 2.45) is 0 Å². The van der Waals surface area contributed by atoms with Crippen LogP contribution < -0.4 is 16.4 Å². The van der Waals surface area contributed by atoms with Crippen molar-refractivity contribution in [3.8, 4) is 0 Å². The fourth-order valence-electron chi connectivity index (χ4n) is 3.64. The highest BCUT2D eigenvalue weighted by Gasteiger charge is 2.24. The van der Waals surface area contributed by atoms with E-state index in [0.717, 1.165) is 34.9 Å². The smallest absolute Gasteiger partial charge is 0.255 e. The standard InChI is InChI=1S/C25H16F2N4O4S2/c26-17-2-1-3-18(27)20(17)21(32)22-23(28)31-25(36-22)30-15-7-5-14(6-8-15)24(33)29-16-9-4-13-10-11-37(34,35)19(13)12-16/h1-12H,28H2,(H,29,33)(H,30,31).